The quantitative estimate of drug-likeness (QED) is 0.571. The Balaban J connectivity index is 1.20. The molecule has 0 unspecified atom stereocenters. The molecule has 2 heterocycles. The van der Waals surface area contributed by atoms with Crippen LogP contribution in [-0.2, 0) is 0 Å². The molecule has 6 heteroatoms. The zero-order chi connectivity index (χ0) is 20.3. The Morgan fingerprint density at radius 2 is 1.73 bits per heavy atom. The number of aromatic amines is 1. The van der Waals surface area contributed by atoms with Gasteiger partial charge in [0.15, 0.2) is 0 Å². The van der Waals surface area contributed by atoms with Crippen LogP contribution >= 0.6 is 11.9 Å². The lowest BCUT2D eigenvalue weighted by atomic mass is 9.84. The maximum atomic E-state index is 4.93. The molecule has 5 nitrogen and oxygen atoms in total. The molecule has 0 spiro atoms. The minimum atomic E-state index is 0.566. The topological polar surface area (TPSA) is 47.2 Å². The van der Waals surface area contributed by atoms with Crippen molar-refractivity contribution in [1.82, 2.24) is 19.8 Å². The van der Waals surface area contributed by atoms with E-state index in [1.54, 1.807) is 11.9 Å². The van der Waals surface area contributed by atoms with Crippen LogP contribution in [0.2, 0.25) is 0 Å². The summed E-state index contributed by atoms with van der Waals surface area (Å²) in [6.07, 6.45) is 5.08. The fourth-order valence-electron chi connectivity index (χ4n) is 4.79. The average molecular weight is 422 g/mol. The van der Waals surface area contributed by atoms with E-state index in [9.17, 15) is 0 Å². The van der Waals surface area contributed by atoms with E-state index < -0.39 is 0 Å². The van der Waals surface area contributed by atoms with Crippen LogP contribution in [0.3, 0.4) is 0 Å². The molecule has 30 heavy (non-hydrogen) atoms. The number of benzene rings is 2. The molecule has 2 aromatic carbocycles. The minimum Gasteiger partial charge on any atom is -0.342 e. The Morgan fingerprint density at radius 3 is 2.50 bits per heavy atom. The molecule has 0 amide bonds. The van der Waals surface area contributed by atoms with Crippen molar-refractivity contribution in [1.29, 1.82) is 0 Å². The van der Waals surface area contributed by atoms with E-state index in [1.165, 1.54) is 62.6 Å². The second kappa shape index (κ2) is 9.00. The van der Waals surface area contributed by atoms with Gasteiger partial charge in [-0.15, -0.1) is 0 Å². The number of piperazine rings is 1. The molecule has 0 atom stereocenters. The van der Waals surface area contributed by atoms with Crippen molar-refractivity contribution in [3.05, 3.63) is 54.4 Å². The van der Waals surface area contributed by atoms with Crippen LogP contribution in [0.15, 0.2) is 53.4 Å². The van der Waals surface area contributed by atoms with Crippen LogP contribution in [0.25, 0.3) is 11.0 Å². The third-order valence-corrected chi connectivity index (χ3v) is 7.51. The fourth-order valence-corrected chi connectivity index (χ4v) is 5.45. The van der Waals surface area contributed by atoms with Gasteiger partial charge in [0.1, 0.15) is 5.82 Å². The van der Waals surface area contributed by atoms with Crippen LogP contribution in [-0.4, -0.2) is 59.0 Å². The lowest BCUT2D eigenvalue weighted by molar-refractivity contribution is 0.0873. The summed E-state index contributed by atoms with van der Waals surface area (Å²) in [5.41, 5.74) is 3.30. The van der Waals surface area contributed by atoms with Gasteiger partial charge in [-0.25, -0.2) is 4.98 Å². The minimum absolute atomic E-state index is 0.566. The smallest absolute Gasteiger partial charge is 0.110 e. The molecule has 3 aromatic rings. The van der Waals surface area contributed by atoms with Crippen molar-refractivity contribution in [2.24, 2.45) is 0 Å². The zero-order valence-electron chi connectivity index (χ0n) is 17.7. The molecule has 0 radical (unpaired) electrons. The molecule has 1 saturated carbocycles. The Morgan fingerprint density at radius 1 is 0.967 bits per heavy atom. The summed E-state index contributed by atoms with van der Waals surface area (Å²) in [4.78, 5) is 14.9. The van der Waals surface area contributed by atoms with Gasteiger partial charge >= 0.3 is 0 Å². The van der Waals surface area contributed by atoms with Gasteiger partial charge in [0, 0.05) is 48.7 Å². The first-order chi connectivity index (χ1) is 14.7. The van der Waals surface area contributed by atoms with Gasteiger partial charge in [0.05, 0.1) is 11.0 Å². The highest BCUT2D eigenvalue weighted by molar-refractivity contribution is 8.00. The molecule has 2 fully saturated rings. The number of likely N-dealkylation sites (N-methyl/N-ethyl adjacent to an activating group) is 1. The predicted molar refractivity (Wildman–Crippen MR) is 126 cm³/mol. The second-order valence-corrected chi connectivity index (χ2v) is 9.60. The Bertz CT molecular complexity index is 956. The second-order valence-electron chi connectivity index (χ2n) is 8.72. The number of anilines is 1. The van der Waals surface area contributed by atoms with Gasteiger partial charge in [-0.1, -0.05) is 18.2 Å². The summed E-state index contributed by atoms with van der Waals surface area (Å²) < 4.78 is 3.45. The summed E-state index contributed by atoms with van der Waals surface area (Å²) >= 11 is 1.64. The van der Waals surface area contributed by atoms with E-state index in [2.05, 4.69) is 69.0 Å². The van der Waals surface area contributed by atoms with Crippen molar-refractivity contribution in [3.8, 4) is 0 Å². The van der Waals surface area contributed by atoms with Gasteiger partial charge in [0.25, 0.3) is 0 Å². The number of nitrogens with one attached hydrogen (secondary N) is 2. The molecule has 2 aliphatic rings. The molecule has 1 saturated heterocycles. The standard InChI is InChI=1S/C24H31N5S/c1-28-13-15-29(16-14-28)20-10-7-18(8-11-20)24-25-22-12-9-19(17-23(22)26-24)27-30-21-5-3-2-4-6-21/h2-6,9,12,17-18,20,27H,7-8,10-11,13-16H2,1H3,(H,25,26). The van der Waals surface area contributed by atoms with Crippen molar-refractivity contribution in [2.45, 2.75) is 42.5 Å². The zero-order valence-corrected chi connectivity index (χ0v) is 18.5. The number of rotatable bonds is 5. The maximum Gasteiger partial charge on any atom is 0.110 e. The van der Waals surface area contributed by atoms with E-state index >= 15 is 0 Å². The van der Waals surface area contributed by atoms with Crippen molar-refractivity contribution in [2.75, 3.05) is 37.9 Å². The largest absolute Gasteiger partial charge is 0.342 e. The normalized spacial score (nSPS) is 23.6. The Labute approximate surface area is 183 Å². The average Bonchev–Trinajstić information content (AvgIpc) is 3.22. The van der Waals surface area contributed by atoms with E-state index in [4.69, 9.17) is 4.98 Å². The summed E-state index contributed by atoms with van der Waals surface area (Å²) in [7, 11) is 2.23. The SMILES string of the molecule is CN1CCN(C2CCC(c3nc4ccc(NSc5ccccc5)cc4[nH]3)CC2)CC1. The lowest BCUT2D eigenvalue weighted by Gasteiger charge is -2.40. The van der Waals surface area contributed by atoms with Crippen molar-refractivity contribution in [3.63, 3.8) is 0 Å². The van der Waals surface area contributed by atoms with Crippen LogP contribution in [0.1, 0.15) is 37.4 Å². The first-order valence-electron chi connectivity index (χ1n) is 11.1. The predicted octanol–water partition coefficient (Wildman–Crippen LogP) is 4.96. The van der Waals surface area contributed by atoms with E-state index in [1.807, 2.05) is 6.07 Å². The van der Waals surface area contributed by atoms with Gasteiger partial charge in [-0.05, 0) is 75.0 Å². The Kier molecular flexibility index (Phi) is 5.97. The van der Waals surface area contributed by atoms with Gasteiger partial charge in [0.2, 0.25) is 0 Å². The fraction of sp³-hybridized carbons (Fsp3) is 0.458. The number of nitrogens with zero attached hydrogens (tertiary/aromatic N) is 3. The third-order valence-electron chi connectivity index (χ3n) is 6.67. The number of aromatic nitrogens is 2. The summed E-state index contributed by atoms with van der Waals surface area (Å²) in [5.74, 6) is 1.74. The van der Waals surface area contributed by atoms with E-state index in [0.29, 0.717) is 5.92 Å². The first kappa shape index (κ1) is 19.9. The molecular formula is C24H31N5S. The highest BCUT2D eigenvalue weighted by atomic mass is 32.2. The van der Waals surface area contributed by atoms with E-state index in [0.717, 1.165) is 22.8 Å². The van der Waals surface area contributed by atoms with Gasteiger partial charge < -0.3 is 14.6 Å². The molecule has 5 rings (SSSR count). The van der Waals surface area contributed by atoms with Crippen LogP contribution < -0.4 is 4.72 Å². The third kappa shape index (κ3) is 4.51. The molecule has 1 aliphatic heterocycles. The number of fused-ring (bicyclic) bond motifs is 1. The Hall–Kier alpha value is -2.02. The lowest BCUT2D eigenvalue weighted by Crippen LogP contribution is -2.49. The summed E-state index contributed by atoms with van der Waals surface area (Å²) in [6, 6.07) is 17.6. The molecule has 1 aromatic heterocycles. The van der Waals surface area contributed by atoms with Crippen LogP contribution in [0, 0.1) is 0 Å². The molecule has 1 aliphatic carbocycles. The molecular weight excluding hydrogens is 390 g/mol. The summed E-state index contributed by atoms with van der Waals surface area (Å²) in [5, 5.41) is 0. The molecule has 2 N–H and O–H groups in total. The van der Waals surface area contributed by atoms with Crippen LogP contribution in [0.4, 0.5) is 5.69 Å². The van der Waals surface area contributed by atoms with Gasteiger partial charge in [-0.2, -0.15) is 0 Å². The van der Waals surface area contributed by atoms with Crippen molar-refractivity contribution < 1.29 is 0 Å². The maximum absolute atomic E-state index is 4.93. The highest BCUT2D eigenvalue weighted by Crippen LogP contribution is 2.35. The monoisotopic (exact) mass is 421 g/mol. The highest BCUT2D eigenvalue weighted by Gasteiger charge is 2.29. The summed E-state index contributed by atoms with van der Waals surface area (Å²) in [6.45, 7) is 4.88. The number of imidazole rings is 1. The number of hydrogen-bond donors (Lipinski definition) is 2. The first-order valence-corrected chi connectivity index (χ1v) is 12.0. The number of hydrogen-bond acceptors (Lipinski definition) is 5. The van der Waals surface area contributed by atoms with Crippen molar-refractivity contribution >= 4 is 28.7 Å². The molecule has 158 valence electrons. The molecule has 0 bridgehead atoms. The van der Waals surface area contributed by atoms with E-state index in [-0.39, 0.29) is 0 Å². The number of H-pyrrole nitrogens is 1. The van der Waals surface area contributed by atoms with Gasteiger partial charge in [-0.3, -0.25) is 4.90 Å². The van der Waals surface area contributed by atoms with Crippen LogP contribution in [0.5, 0.6) is 0 Å².